The number of hydrogen-bond donors (Lipinski definition) is 2. The summed E-state index contributed by atoms with van der Waals surface area (Å²) in [5.74, 6) is 1.67. The third kappa shape index (κ3) is 13.9. The minimum Gasteiger partial charge on any atom is -0.494 e. The van der Waals surface area contributed by atoms with Crippen LogP contribution in [0, 0.1) is 0 Å². The van der Waals surface area contributed by atoms with Gasteiger partial charge in [0.2, 0.25) is 0 Å². The summed E-state index contributed by atoms with van der Waals surface area (Å²) >= 11 is 0. The largest absolute Gasteiger partial charge is 0.494 e. The van der Waals surface area contributed by atoms with E-state index in [9.17, 15) is 0 Å². The van der Waals surface area contributed by atoms with Gasteiger partial charge in [0.05, 0.1) is 26.4 Å². The van der Waals surface area contributed by atoms with Crippen molar-refractivity contribution in [2.24, 2.45) is 4.99 Å². The van der Waals surface area contributed by atoms with Gasteiger partial charge < -0.3 is 29.7 Å². The first-order chi connectivity index (χ1) is 14.2. The highest BCUT2D eigenvalue weighted by molar-refractivity contribution is 5.79. The number of nitrogens with one attached hydrogen (secondary N) is 2. The van der Waals surface area contributed by atoms with E-state index in [4.69, 9.17) is 14.2 Å². The molecule has 1 aromatic carbocycles. The van der Waals surface area contributed by atoms with E-state index in [2.05, 4.69) is 53.7 Å². The zero-order valence-electron chi connectivity index (χ0n) is 18.7. The van der Waals surface area contributed by atoms with Gasteiger partial charge in [-0.15, -0.1) is 0 Å². The van der Waals surface area contributed by atoms with Crippen molar-refractivity contribution in [1.29, 1.82) is 0 Å². The molecule has 7 heteroatoms. The van der Waals surface area contributed by atoms with Crippen molar-refractivity contribution in [3.63, 3.8) is 0 Å². The second-order valence-corrected chi connectivity index (χ2v) is 7.08. The smallest absolute Gasteiger partial charge is 0.191 e. The topological polar surface area (TPSA) is 67.3 Å². The number of hydrogen-bond acceptors (Lipinski definition) is 5. The Bertz CT molecular complexity index is 535. The van der Waals surface area contributed by atoms with E-state index < -0.39 is 0 Å². The predicted octanol–water partition coefficient (Wildman–Crippen LogP) is 2.52. The molecule has 0 aliphatic rings. The van der Waals surface area contributed by atoms with Gasteiger partial charge in [-0.1, -0.05) is 25.5 Å². The summed E-state index contributed by atoms with van der Waals surface area (Å²) in [6, 6.07) is 8.17. The lowest BCUT2D eigenvalue weighted by Gasteiger charge is -2.13. The van der Waals surface area contributed by atoms with E-state index in [1.54, 1.807) is 7.05 Å². The van der Waals surface area contributed by atoms with Crippen molar-refractivity contribution < 1.29 is 14.2 Å². The molecule has 0 saturated heterocycles. The predicted molar refractivity (Wildman–Crippen MR) is 120 cm³/mol. The molecule has 0 bridgehead atoms. The first kappa shape index (κ1) is 25.2. The maximum atomic E-state index is 5.76. The molecule has 0 aliphatic heterocycles. The summed E-state index contributed by atoms with van der Waals surface area (Å²) in [4.78, 5) is 6.40. The Morgan fingerprint density at radius 1 is 0.931 bits per heavy atom. The third-order valence-corrected chi connectivity index (χ3v) is 4.18. The zero-order valence-corrected chi connectivity index (χ0v) is 18.7. The average Bonchev–Trinajstić information content (AvgIpc) is 2.73. The van der Waals surface area contributed by atoms with Crippen LogP contribution < -0.4 is 15.4 Å². The number of guanidine groups is 1. The summed E-state index contributed by atoms with van der Waals surface area (Å²) in [6.07, 6.45) is 3.29. The minimum atomic E-state index is 0.623. The monoisotopic (exact) mass is 408 g/mol. The lowest BCUT2D eigenvalue weighted by Crippen LogP contribution is -2.38. The van der Waals surface area contributed by atoms with Crippen LogP contribution in [0.3, 0.4) is 0 Å². The van der Waals surface area contributed by atoms with Crippen LogP contribution in [-0.2, 0) is 16.0 Å². The number of benzene rings is 1. The van der Waals surface area contributed by atoms with E-state index in [0.29, 0.717) is 32.9 Å². The Hall–Kier alpha value is -1.83. The fourth-order valence-corrected chi connectivity index (χ4v) is 2.49. The maximum Gasteiger partial charge on any atom is 0.191 e. The number of rotatable bonds is 16. The molecule has 0 fully saturated rings. The molecule has 0 aromatic heterocycles. The molecular formula is C22H40N4O3. The van der Waals surface area contributed by atoms with E-state index in [0.717, 1.165) is 50.7 Å². The lowest BCUT2D eigenvalue weighted by atomic mass is 10.2. The van der Waals surface area contributed by atoms with Crippen LogP contribution in [0.2, 0.25) is 0 Å². The van der Waals surface area contributed by atoms with Gasteiger partial charge in [0, 0.05) is 33.3 Å². The second-order valence-electron chi connectivity index (χ2n) is 7.08. The molecule has 0 aliphatic carbocycles. The summed E-state index contributed by atoms with van der Waals surface area (Å²) in [5, 5.41) is 6.56. The molecule has 0 radical (unpaired) electrons. The van der Waals surface area contributed by atoms with Gasteiger partial charge in [-0.05, 0) is 44.6 Å². The second kappa shape index (κ2) is 17.1. The van der Waals surface area contributed by atoms with Gasteiger partial charge in [0.25, 0.3) is 0 Å². The van der Waals surface area contributed by atoms with Gasteiger partial charge in [-0.25, -0.2) is 0 Å². The SMILES string of the molecule is CCCCOCCOCCNC(=NC)NCc1ccc(OCCCN(C)C)cc1. The van der Waals surface area contributed by atoms with Crippen molar-refractivity contribution in [3.05, 3.63) is 29.8 Å². The van der Waals surface area contributed by atoms with Crippen LogP contribution in [0.1, 0.15) is 31.7 Å². The maximum absolute atomic E-state index is 5.76. The Balaban J connectivity index is 2.13. The standard InChI is InChI=1S/C22H40N4O3/c1-5-6-14-27-17-18-28-16-12-24-22(23-2)25-19-20-8-10-21(11-9-20)29-15-7-13-26(3)4/h8-11H,5-7,12-19H2,1-4H3,(H2,23,24,25). The van der Waals surface area contributed by atoms with Crippen molar-refractivity contribution in [2.45, 2.75) is 32.7 Å². The number of unbranched alkanes of at least 4 members (excludes halogenated alkanes) is 1. The van der Waals surface area contributed by atoms with Crippen LogP contribution in [-0.4, -0.2) is 78.1 Å². The van der Waals surface area contributed by atoms with Gasteiger partial charge in [-0.2, -0.15) is 0 Å². The third-order valence-electron chi connectivity index (χ3n) is 4.18. The molecule has 2 N–H and O–H groups in total. The molecule has 29 heavy (non-hydrogen) atoms. The van der Waals surface area contributed by atoms with Gasteiger partial charge in [-0.3, -0.25) is 4.99 Å². The van der Waals surface area contributed by atoms with Crippen LogP contribution in [0.4, 0.5) is 0 Å². The lowest BCUT2D eigenvalue weighted by molar-refractivity contribution is 0.0487. The van der Waals surface area contributed by atoms with Crippen molar-refractivity contribution in [2.75, 3.05) is 67.3 Å². The average molecular weight is 409 g/mol. The van der Waals surface area contributed by atoms with Gasteiger partial charge in [0.1, 0.15) is 5.75 Å². The van der Waals surface area contributed by atoms with Gasteiger partial charge >= 0.3 is 0 Å². The molecular weight excluding hydrogens is 368 g/mol. The van der Waals surface area contributed by atoms with Crippen LogP contribution in [0.5, 0.6) is 5.75 Å². The summed E-state index contributed by atoms with van der Waals surface area (Å²) in [6.45, 7) is 8.05. The van der Waals surface area contributed by atoms with Crippen LogP contribution >= 0.6 is 0 Å². The Morgan fingerprint density at radius 2 is 1.66 bits per heavy atom. The summed E-state index contributed by atoms with van der Waals surface area (Å²) in [5.41, 5.74) is 1.18. The van der Waals surface area contributed by atoms with Gasteiger partial charge in [0.15, 0.2) is 5.96 Å². The highest BCUT2D eigenvalue weighted by Crippen LogP contribution is 2.12. The molecule has 7 nitrogen and oxygen atoms in total. The number of nitrogens with zero attached hydrogens (tertiary/aromatic N) is 2. The minimum absolute atomic E-state index is 0.623. The van der Waals surface area contributed by atoms with Crippen molar-refractivity contribution >= 4 is 5.96 Å². The number of ether oxygens (including phenoxy) is 3. The van der Waals surface area contributed by atoms with Crippen LogP contribution in [0.25, 0.3) is 0 Å². The summed E-state index contributed by atoms with van der Waals surface area (Å²) in [7, 11) is 5.91. The van der Waals surface area contributed by atoms with E-state index >= 15 is 0 Å². The van der Waals surface area contributed by atoms with Crippen molar-refractivity contribution in [1.82, 2.24) is 15.5 Å². The van der Waals surface area contributed by atoms with Crippen LogP contribution in [0.15, 0.2) is 29.3 Å². The molecule has 166 valence electrons. The molecule has 0 saturated carbocycles. The molecule has 0 atom stereocenters. The first-order valence-electron chi connectivity index (χ1n) is 10.6. The molecule has 0 unspecified atom stereocenters. The molecule has 1 aromatic rings. The molecule has 1 rings (SSSR count). The molecule has 0 amide bonds. The Morgan fingerprint density at radius 3 is 2.31 bits per heavy atom. The number of aliphatic imine (C=N–C) groups is 1. The fourth-order valence-electron chi connectivity index (χ4n) is 2.49. The Kier molecular flexibility index (Phi) is 14.8. The molecule has 0 spiro atoms. The zero-order chi connectivity index (χ0) is 21.2. The van der Waals surface area contributed by atoms with E-state index in [1.807, 2.05) is 12.1 Å². The molecule has 0 heterocycles. The first-order valence-corrected chi connectivity index (χ1v) is 10.6. The normalized spacial score (nSPS) is 11.7. The van der Waals surface area contributed by atoms with E-state index in [-0.39, 0.29) is 0 Å². The fraction of sp³-hybridized carbons (Fsp3) is 0.682. The highest BCUT2D eigenvalue weighted by Gasteiger charge is 2.00. The highest BCUT2D eigenvalue weighted by atomic mass is 16.5. The Labute approximate surface area is 176 Å². The summed E-state index contributed by atoms with van der Waals surface area (Å²) < 4.78 is 16.8. The van der Waals surface area contributed by atoms with E-state index in [1.165, 1.54) is 5.56 Å². The quantitative estimate of drug-likeness (QED) is 0.249. The van der Waals surface area contributed by atoms with Crippen molar-refractivity contribution in [3.8, 4) is 5.75 Å².